The molecule has 96 valence electrons. The molecule has 0 aliphatic rings. The zero-order valence-electron chi connectivity index (χ0n) is 10.9. The highest BCUT2D eigenvalue weighted by molar-refractivity contribution is 5.33. The third-order valence-electron chi connectivity index (χ3n) is 2.80. The van der Waals surface area contributed by atoms with Gasteiger partial charge < -0.3 is 15.6 Å². The number of hydrogen-bond donors (Lipinski definition) is 2. The quantitative estimate of drug-likeness (QED) is 0.796. The standard InChI is InChI=1S/C14H23NO2/c1-4-12-7-5-6-8-13(12)17-11(2)9-14(3,15)10-16/h5-8,11,16H,4,9-10,15H2,1-3H3. The van der Waals surface area contributed by atoms with Gasteiger partial charge in [0.05, 0.1) is 12.7 Å². The highest BCUT2D eigenvalue weighted by Gasteiger charge is 2.21. The number of aryl methyl sites for hydroxylation is 1. The molecule has 0 saturated carbocycles. The predicted octanol–water partition coefficient (Wildman–Crippen LogP) is 2.12. The van der Waals surface area contributed by atoms with Crippen molar-refractivity contribution in [2.75, 3.05) is 6.61 Å². The summed E-state index contributed by atoms with van der Waals surface area (Å²) >= 11 is 0. The lowest BCUT2D eigenvalue weighted by Gasteiger charge is -2.26. The summed E-state index contributed by atoms with van der Waals surface area (Å²) in [6, 6.07) is 8.02. The zero-order chi connectivity index (χ0) is 12.9. The second kappa shape index (κ2) is 6.03. The minimum absolute atomic E-state index is 0.00940. The van der Waals surface area contributed by atoms with Crippen LogP contribution in [0, 0.1) is 0 Å². The smallest absolute Gasteiger partial charge is 0.122 e. The molecular formula is C14H23NO2. The number of rotatable bonds is 6. The number of nitrogens with two attached hydrogens (primary N) is 1. The normalized spacial score (nSPS) is 16.3. The van der Waals surface area contributed by atoms with Crippen LogP contribution < -0.4 is 10.5 Å². The highest BCUT2D eigenvalue weighted by Crippen LogP contribution is 2.21. The molecule has 0 amide bonds. The Hall–Kier alpha value is -1.06. The topological polar surface area (TPSA) is 55.5 Å². The van der Waals surface area contributed by atoms with E-state index in [-0.39, 0.29) is 12.7 Å². The number of ether oxygens (including phenoxy) is 1. The van der Waals surface area contributed by atoms with Crippen LogP contribution in [0.15, 0.2) is 24.3 Å². The number of aliphatic hydroxyl groups excluding tert-OH is 1. The van der Waals surface area contributed by atoms with E-state index in [0.717, 1.165) is 12.2 Å². The van der Waals surface area contributed by atoms with Gasteiger partial charge in [0.2, 0.25) is 0 Å². The van der Waals surface area contributed by atoms with E-state index >= 15 is 0 Å². The summed E-state index contributed by atoms with van der Waals surface area (Å²) in [6.45, 7) is 5.88. The first kappa shape index (κ1) is 14.0. The van der Waals surface area contributed by atoms with Gasteiger partial charge in [-0.3, -0.25) is 0 Å². The Bertz CT molecular complexity index is 350. The summed E-state index contributed by atoms with van der Waals surface area (Å²) in [5, 5.41) is 9.13. The maximum atomic E-state index is 9.13. The van der Waals surface area contributed by atoms with Crippen molar-refractivity contribution in [3.63, 3.8) is 0 Å². The summed E-state index contributed by atoms with van der Waals surface area (Å²) in [4.78, 5) is 0. The molecule has 2 atom stereocenters. The molecule has 0 aliphatic heterocycles. The summed E-state index contributed by atoms with van der Waals surface area (Å²) in [7, 11) is 0. The maximum Gasteiger partial charge on any atom is 0.122 e. The van der Waals surface area contributed by atoms with Gasteiger partial charge in [0.25, 0.3) is 0 Å². The Labute approximate surface area is 104 Å². The molecule has 0 aromatic heterocycles. The van der Waals surface area contributed by atoms with Crippen molar-refractivity contribution in [3.05, 3.63) is 29.8 Å². The molecule has 3 nitrogen and oxygen atoms in total. The lowest BCUT2D eigenvalue weighted by atomic mass is 9.97. The van der Waals surface area contributed by atoms with Crippen LogP contribution in [-0.2, 0) is 6.42 Å². The van der Waals surface area contributed by atoms with Gasteiger partial charge in [-0.25, -0.2) is 0 Å². The molecule has 1 rings (SSSR count). The number of benzene rings is 1. The predicted molar refractivity (Wildman–Crippen MR) is 70.2 cm³/mol. The highest BCUT2D eigenvalue weighted by atomic mass is 16.5. The molecule has 0 saturated heterocycles. The first-order chi connectivity index (χ1) is 7.98. The second-order valence-electron chi connectivity index (χ2n) is 4.91. The van der Waals surface area contributed by atoms with Crippen molar-refractivity contribution in [2.24, 2.45) is 5.73 Å². The fraction of sp³-hybridized carbons (Fsp3) is 0.571. The minimum Gasteiger partial charge on any atom is -0.490 e. The van der Waals surface area contributed by atoms with Crippen LogP contribution in [0.5, 0.6) is 5.75 Å². The molecule has 3 heteroatoms. The van der Waals surface area contributed by atoms with Gasteiger partial charge in [0, 0.05) is 12.0 Å². The first-order valence-electron chi connectivity index (χ1n) is 6.13. The minimum atomic E-state index is -0.583. The van der Waals surface area contributed by atoms with Crippen molar-refractivity contribution in [3.8, 4) is 5.75 Å². The molecule has 0 spiro atoms. The van der Waals surface area contributed by atoms with E-state index in [1.807, 2.05) is 32.0 Å². The van der Waals surface area contributed by atoms with Gasteiger partial charge in [-0.1, -0.05) is 25.1 Å². The van der Waals surface area contributed by atoms with Gasteiger partial charge in [-0.2, -0.15) is 0 Å². The SMILES string of the molecule is CCc1ccccc1OC(C)CC(C)(N)CO. The van der Waals surface area contributed by atoms with E-state index in [1.165, 1.54) is 5.56 Å². The Morgan fingerprint density at radius 1 is 1.41 bits per heavy atom. The Morgan fingerprint density at radius 3 is 2.65 bits per heavy atom. The first-order valence-corrected chi connectivity index (χ1v) is 6.13. The van der Waals surface area contributed by atoms with Crippen molar-refractivity contribution < 1.29 is 9.84 Å². The summed E-state index contributed by atoms with van der Waals surface area (Å²) in [5.41, 5.74) is 6.52. The van der Waals surface area contributed by atoms with Crippen LogP contribution in [0.4, 0.5) is 0 Å². The zero-order valence-corrected chi connectivity index (χ0v) is 10.9. The largest absolute Gasteiger partial charge is 0.490 e. The lowest BCUT2D eigenvalue weighted by molar-refractivity contribution is 0.133. The van der Waals surface area contributed by atoms with Crippen LogP contribution in [0.2, 0.25) is 0 Å². The third-order valence-corrected chi connectivity index (χ3v) is 2.80. The van der Waals surface area contributed by atoms with Crippen LogP contribution in [0.3, 0.4) is 0 Å². The van der Waals surface area contributed by atoms with E-state index < -0.39 is 5.54 Å². The molecule has 1 aromatic rings. The van der Waals surface area contributed by atoms with Gasteiger partial charge in [0.1, 0.15) is 5.75 Å². The van der Waals surface area contributed by atoms with E-state index in [0.29, 0.717) is 6.42 Å². The molecule has 1 aromatic carbocycles. The fourth-order valence-electron chi connectivity index (χ4n) is 1.89. The number of para-hydroxylation sites is 1. The van der Waals surface area contributed by atoms with Crippen LogP contribution in [0.25, 0.3) is 0 Å². The summed E-state index contributed by atoms with van der Waals surface area (Å²) < 4.78 is 5.88. The van der Waals surface area contributed by atoms with Gasteiger partial charge in [0.15, 0.2) is 0 Å². The Balaban J connectivity index is 2.65. The van der Waals surface area contributed by atoms with Gasteiger partial charge >= 0.3 is 0 Å². The third kappa shape index (κ3) is 4.36. The molecule has 2 unspecified atom stereocenters. The Morgan fingerprint density at radius 2 is 2.06 bits per heavy atom. The fourth-order valence-corrected chi connectivity index (χ4v) is 1.89. The monoisotopic (exact) mass is 237 g/mol. The van der Waals surface area contributed by atoms with Gasteiger partial charge in [-0.05, 0) is 31.9 Å². The van der Waals surface area contributed by atoms with Crippen molar-refractivity contribution in [1.82, 2.24) is 0 Å². The van der Waals surface area contributed by atoms with E-state index in [2.05, 4.69) is 13.0 Å². The molecule has 0 fully saturated rings. The van der Waals surface area contributed by atoms with E-state index in [1.54, 1.807) is 0 Å². The molecular weight excluding hydrogens is 214 g/mol. The summed E-state index contributed by atoms with van der Waals surface area (Å²) in [5.74, 6) is 0.913. The molecule has 0 bridgehead atoms. The molecule has 17 heavy (non-hydrogen) atoms. The van der Waals surface area contributed by atoms with E-state index in [9.17, 15) is 0 Å². The van der Waals surface area contributed by atoms with Crippen LogP contribution in [-0.4, -0.2) is 23.4 Å². The molecule has 0 aliphatic carbocycles. The average molecular weight is 237 g/mol. The molecule has 0 heterocycles. The number of hydrogen-bond acceptors (Lipinski definition) is 3. The van der Waals surface area contributed by atoms with Crippen LogP contribution >= 0.6 is 0 Å². The maximum absolute atomic E-state index is 9.13. The molecule has 0 radical (unpaired) electrons. The van der Waals surface area contributed by atoms with Crippen molar-refractivity contribution in [2.45, 2.75) is 45.3 Å². The summed E-state index contributed by atoms with van der Waals surface area (Å²) in [6.07, 6.45) is 1.56. The van der Waals surface area contributed by atoms with Crippen LogP contribution in [0.1, 0.15) is 32.8 Å². The lowest BCUT2D eigenvalue weighted by Crippen LogP contribution is -2.43. The van der Waals surface area contributed by atoms with Gasteiger partial charge in [-0.15, -0.1) is 0 Å². The Kier molecular flexibility index (Phi) is 4.97. The number of aliphatic hydroxyl groups is 1. The van der Waals surface area contributed by atoms with E-state index in [4.69, 9.17) is 15.6 Å². The van der Waals surface area contributed by atoms with Crippen molar-refractivity contribution >= 4 is 0 Å². The molecule has 3 N–H and O–H groups in total. The average Bonchev–Trinajstić information content (AvgIpc) is 2.29. The second-order valence-corrected chi connectivity index (χ2v) is 4.91. The van der Waals surface area contributed by atoms with Crippen molar-refractivity contribution in [1.29, 1.82) is 0 Å².